The van der Waals surface area contributed by atoms with Crippen molar-refractivity contribution >= 4 is 15.8 Å². The number of hydrogen-bond donors (Lipinski definition) is 3. The van der Waals surface area contributed by atoms with Crippen LogP contribution in [-0.2, 0) is 10.1 Å². The zero-order valence-electron chi connectivity index (χ0n) is 6.64. The molecule has 72 valence electrons. The van der Waals surface area contributed by atoms with Crippen molar-refractivity contribution in [2.45, 2.75) is 0 Å². The third kappa shape index (κ3) is 3.77. The van der Waals surface area contributed by atoms with Crippen LogP contribution >= 0.6 is 0 Å². The molecule has 0 fully saturated rings. The normalized spacial score (nSPS) is 11.2. The molecule has 0 amide bonds. The highest BCUT2D eigenvalue weighted by molar-refractivity contribution is 7.85. The molecule has 0 saturated heterocycles. The van der Waals surface area contributed by atoms with E-state index in [4.69, 9.17) is 9.66 Å². The van der Waals surface area contributed by atoms with Gasteiger partial charge in [0.1, 0.15) is 11.6 Å². The highest BCUT2D eigenvalue weighted by Crippen LogP contribution is 2.14. The summed E-state index contributed by atoms with van der Waals surface area (Å²) in [4.78, 5) is 0. The van der Waals surface area contributed by atoms with E-state index >= 15 is 0 Å². The minimum absolute atomic E-state index is 0.0281. The Bertz CT molecular complexity index is 387. The third-order valence-corrected chi connectivity index (χ3v) is 1.81. The molecule has 3 N–H and O–H groups in total. The van der Waals surface area contributed by atoms with Gasteiger partial charge < -0.3 is 10.4 Å². The summed E-state index contributed by atoms with van der Waals surface area (Å²) in [6.07, 6.45) is 0. The van der Waals surface area contributed by atoms with Gasteiger partial charge in [-0.3, -0.25) is 4.55 Å². The average molecular weight is 203 g/mol. The maximum atomic E-state index is 10.3. The molecule has 0 spiro atoms. The summed E-state index contributed by atoms with van der Waals surface area (Å²) in [5.41, 5.74) is 0.428. The molecule has 0 atom stereocenters. The van der Waals surface area contributed by atoms with E-state index in [1.165, 1.54) is 12.1 Å². The lowest BCUT2D eigenvalue weighted by Gasteiger charge is -2.03. The van der Waals surface area contributed by atoms with Crippen LogP contribution in [0.15, 0.2) is 24.3 Å². The Hall–Kier alpha value is -1.27. The zero-order valence-corrected chi connectivity index (χ0v) is 7.45. The molecule has 5 nitrogen and oxygen atoms in total. The van der Waals surface area contributed by atoms with Crippen LogP contribution in [0.2, 0.25) is 0 Å². The van der Waals surface area contributed by atoms with Gasteiger partial charge in [-0.05, 0) is 12.1 Å². The smallest absolute Gasteiger partial charge is 0.283 e. The SMILES string of the molecule is O=S(=O)(O)CNc1cccc(O)c1. The van der Waals surface area contributed by atoms with Crippen LogP contribution in [0.25, 0.3) is 0 Å². The summed E-state index contributed by atoms with van der Waals surface area (Å²) >= 11 is 0. The summed E-state index contributed by atoms with van der Waals surface area (Å²) in [5, 5.41) is 11.4. The van der Waals surface area contributed by atoms with E-state index in [2.05, 4.69) is 5.32 Å². The molecule has 0 heterocycles. The van der Waals surface area contributed by atoms with E-state index in [0.29, 0.717) is 5.69 Å². The van der Waals surface area contributed by atoms with Gasteiger partial charge in [0.15, 0.2) is 0 Å². The first-order valence-corrected chi connectivity index (χ1v) is 5.06. The predicted octanol–water partition coefficient (Wildman–Crippen LogP) is 0.649. The van der Waals surface area contributed by atoms with Gasteiger partial charge in [-0.25, -0.2) is 0 Å². The standard InChI is InChI=1S/C7H9NO4S/c9-7-3-1-2-6(4-7)8-5-13(10,11)12/h1-4,8-9H,5H2,(H,10,11,12). The molecular formula is C7H9NO4S. The molecule has 0 aromatic heterocycles. The molecule has 0 aliphatic heterocycles. The number of hydrogen-bond acceptors (Lipinski definition) is 4. The largest absolute Gasteiger partial charge is 0.508 e. The van der Waals surface area contributed by atoms with Gasteiger partial charge in [0.25, 0.3) is 10.1 Å². The summed E-state index contributed by atoms with van der Waals surface area (Å²) in [7, 11) is -4.03. The maximum Gasteiger partial charge on any atom is 0.283 e. The van der Waals surface area contributed by atoms with Crippen molar-refractivity contribution in [3.05, 3.63) is 24.3 Å². The Morgan fingerprint density at radius 1 is 1.38 bits per heavy atom. The van der Waals surface area contributed by atoms with Gasteiger partial charge in [-0.15, -0.1) is 0 Å². The topological polar surface area (TPSA) is 86.6 Å². The Morgan fingerprint density at radius 2 is 2.08 bits per heavy atom. The van der Waals surface area contributed by atoms with Crippen molar-refractivity contribution in [2.24, 2.45) is 0 Å². The molecular weight excluding hydrogens is 194 g/mol. The van der Waals surface area contributed by atoms with Crippen LogP contribution < -0.4 is 5.32 Å². The van der Waals surface area contributed by atoms with E-state index < -0.39 is 16.0 Å². The number of aromatic hydroxyl groups is 1. The molecule has 0 aliphatic rings. The molecule has 0 aliphatic carbocycles. The fourth-order valence-corrected chi connectivity index (χ4v) is 1.14. The van der Waals surface area contributed by atoms with E-state index in [1.807, 2.05) is 0 Å². The summed E-state index contributed by atoms with van der Waals surface area (Å²) in [5.74, 6) is -0.545. The number of rotatable bonds is 3. The Balaban J connectivity index is 2.65. The van der Waals surface area contributed by atoms with Crippen LogP contribution in [0.5, 0.6) is 5.75 Å². The second-order valence-electron chi connectivity index (χ2n) is 2.45. The van der Waals surface area contributed by atoms with E-state index in [9.17, 15) is 8.42 Å². The summed E-state index contributed by atoms with van der Waals surface area (Å²) in [6, 6.07) is 5.94. The van der Waals surface area contributed by atoms with Crippen molar-refractivity contribution in [3.63, 3.8) is 0 Å². The van der Waals surface area contributed by atoms with Gasteiger partial charge in [-0.1, -0.05) is 6.07 Å². The summed E-state index contributed by atoms with van der Waals surface area (Å²) in [6.45, 7) is 0. The van der Waals surface area contributed by atoms with Gasteiger partial charge in [0.05, 0.1) is 0 Å². The Kier molecular flexibility index (Phi) is 2.74. The van der Waals surface area contributed by atoms with Crippen molar-refractivity contribution < 1.29 is 18.1 Å². The monoisotopic (exact) mass is 203 g/mol. The fraction of sp³-hybridized carbons (Fsp3) is 0.143. The van der Waals surface area contributed by atoms with Crippen LogP contribution in [0.3, 0.4) is 0 Å². The maximum absolute atomic E-state index is 10.3. The molecule has 0 radical (unpaired) electrons. The van der Waals surface area contributed by atoms with Crippen molar-refractivity contribution in [1.29, 1.82) is 0 Å². The number of anilines is 1. The second kappa shape index (κ2) is 3.63. The van der Waals surface area contributed by atoms with E-state index in [1.54, 1.807) is 12.1 Å². The second-order valence-corrected chi connectivity index (χ2v) is 3.91. The van der Waals surface area contributed by atoms with Crippen molar-refractivity contribution in [3.8, 4) is 5.75 Å². The van der Waals surface area contributed by atoms with E-state index in [-0.39, 0.29) is 5.75 Å². The summed E-state index contributed by atoms with van der Waals surface area (Å²) < 4.78 is 29.0. The average Bonchev–Trinajstić information content (AvgIpc) is 2.00. The molecule has 0 bridgehead atoms. The van der Waals surface area contributed by atoms with Crippen LogP contribution in [0.4, 0.5) is 5.69 Å². The van der Waals surface area contributed by atoms with Gasteiger partial charge in [0.2, 0.25) is 0 Å². The van der Waals surface area contributed by atoms with Crippen LogP contribution in [0.1, 0.15) is 0 Å². The third-order valence-electron chi connectivity index (χ3n) is 1.30. The molecule has 1 aromatic rings. The molecule has 0 unspecified atom stereocenters. The molecule has 1 aromatic carbocycles. The highest BCUT2D eigenvalue weighted by Gasteiger charge is 2.03. The molecule has 6 heteroatoms. The molecule has 13 heavy (non-hydrogen) atoms. The molecule has 1 rings (SSSR count). The first-order chi connectivity index (χ1) is 5.97. The molecule has 0 saturated carbocycles. The van der Waals surface area contributed by atoms with E-state index in [0.717, 1.165) is 0 Å². The number of benzene rings is 1. The Labute approximate surface area is 75.8 Å². The van der Waals surface area contributed by atoms with Gasteiger partial charge in [-0.2, -0.15) is 8.42 Å². The van der Waals surface area contributed by atoms with Crippen molar-refractivity contribution in [2.75, 3.05) is 11.2 Å². The highest BCUT2D eigenvalue weighted by atomic mass is 32.2. The Morgan fingerprint density at radius 3 is 2.62 bits per heavy atom. The number of phenolic OH excluding ortho intramolecular Hbond substituents is 1. The first kappa shape index (κ1) is 9.82. The quantitative estimate of drug-likeness (QED) is 0.628. The van der Waals surface area contributed by atoms with Gasteiger partial charge in [0, 0.05) is 11.8 Å². The van der Waals surface area contributed by atoms with Crippen LogP contribution in [0, 0.1) is 0 Å². The zero-order chi connectivity index (χ0) is 9.90. The number of phenols is 1. The minimum Gasteiger partial charge on any atom is -0.508 e. The van der Waals surface area contributed by atoms with Crippen LogP contribution in [-0.4, -0.2) is 24.0 Å². The van der Waals surface area contributed by atoms with Gasteiger partial charge >= 0.3 is 0 Å². The lowest BCUT2D eigenvalue weighted by atomic mass is 10.3. The minimum atomic E-state index is -4.03. The predicted molar refractivity (Wildman–Crippen MR) is 48.1 cm³/mol. The van der Waals surface area contributed by atoms with Crippen molar-refractivity contribution in [1.82, 2.24) is 0 Å². The fourth-order valence-electron chi connectivity index (χ4n) is 0.790. The lowest BCUT2D eigenvalue weighted by molar-refractivity contribution is 0.475. The number of nitrogens with one attached hydrogen (secondary N) is 1. The lowest BCUT2D eigenvalue weighted by Crippen LogP contribution is -2.12. The first-order valence-electron chi connectivity index (χ1n) is 3.45.